The molecule has 0 aliphatic carbocycles. The van der Waals surface area contributed by atoms with E-state index in [0.29, 0.717) is 17.9 Å². The Kier molecular flexibility index (Phi) is 6.47. The maximum Gasteiger partial charge on any atom is 0.251 e. The van der Waals surface area contributed by atoms with Gasteiger partial charge < -0.3 is 10.2 Å². The quantitative estimate of drug-likeness (QED) is 0.660. The average Bonchev–Trinajstić information content (AvgIpc) is 3.10. The summed E-state index contributed by atoms with van der Waals surface area (Å²) in [6.45, 7) is 0.522. The molecule has 0 atom stereocenters. The summed E-state index contributed by atoms with van der Waals surface area (Å²) < 4.78 is 1.18. The first-order valence-electron chi connectivity index (χ1n) is 8.54. The second-order valence-corrected chi connectivity index (χ2v) is 8.19. The van der Waals surface area contributed by atoms with Gasteiger partial charge in [0, 0.05) is 32.0 Å². The van der Waals surface area contributed by atoms with E-state index in [9.17, 15) is 9.59 Å². The fourth-order valence-electron chi connectivity index (χ4n) is 2.59. The van der Waals surface area contributed by atoms with Crippen molar-refractivity contribution in [2.75, 3.05) is 19.8 Å². The Morgan fingerprint density at radius 2 is 1.89 bits per heavy atom. The van der Waals surface area contributed by atoms with Gasteiger partial charge in [-0.25, -0.2) is 4.98 Å². The first-order valence-corrected chi connectivity index (χ1v) is 10.5. The maximum atomic E-state index is 12.4. The van der Waals surface area contributed by atoms with Crippen LogP contribution in [0.1, 0.15) is 20.9 Å². The lowest BCUT2D eigenvalue weighted by molar-refractivity contribution is -0.127. The van der Waals surface area contributed by atoms with E-state index in [-0.39, 0.29) is 11.8 Å². The van der Waals surface area contributed by atoms with Gasteiger partial charge in [-0.15, -0.1) is 23.1 Å². The summed E-state index contributed by atoms with van der Waals surface area (Å²) in [5.74, 6) is 1.12. The number of nitrogens with zero attached hydrogens (tertiary/aromatic N) is 2. The molecule has 0 aliphatic heterocycles. The monoisotopic (exact) mass is 399 g/mol. The normalized spacial score (nSPS) is 10.7. The largest absolute Gasteiger partial charge is 0.355 e. The van der Waals surface area contributed by atoms with E-state index >= 15 is 0 Å². The Morgan fingerprint density at radius 1 is 1.15 bits per heavy atom. The van der Waals surface area contributed by atoms with E-state index in [0.717, 1.165) is 21.8 Å². The Morgan fingerprint density at radius 3 is 2.59 bits per heavy atom. The molecule has 0 bridgehead atoms. The summed E-state index contributed by atoms with van der Waals surface area (Å²) in [5, 5.41) is 3.64. The van der Waals surface area contributed by atoms with E-state index in [1.54, 1.807) is 54.2 Å². The van der Waals surface area contributed by atoms with Crippen molar-refractivity contribution in [1.82, 2.24) is 15.2 Å². The molecule has 3 aromatic rings. The van der Waals surface area contributed by atoms with Crippen LogP contribution in [-0.4, -0.2) is 41.5 Å². The van der Waals surface area contributed by atoms with Crippen LogP contribution in [0.2, 0.25) is 0 Å². The molecule has 0 unspecified atom stereocenters. The van der Waals surface area contributed by atoms with Crippen molar-refractivity contribution < 1.29 is 9.59 Å². The molecule has 0 saturated heterocycles. The van der Waals surface area contributed by atoms with Crippen molar-refractivity contribution >= 4 is 45.1 Å². The fraction of sp³-hybridized carbons (Fsp3) is 0.250. The molecule has 1 heterocycles. The fourth-order valence-corrected chi connectivity index (χ4v) is 4.57. The van der Waals surface area contributed by atoms with E-state index in [1.807, 2.05) is 30.3 Å². The number of amides is 2. The number of hydrogen-bond donors (Lipinski definition) is 1. The lowest BCUT2D eigenvalue weighted by Crippen LogP contribution is -2.27. The van der Waals surface area contributed by atoms with Crippen LogP contribution in [0.25, 0.3) is 10.2 Å². The summed E-state index contributed by atoms with van der Waals surface area (Å²) in [4.78, 5) is 30.2. The zero-order valence-corrected chi connectivity index (χ0v) is 16.9. The Hall–Kier alpha value is -2.38. The predicted molar refractivity (Wildman–Crippen MR) is 112 cm³/mol. The molecular formula is C20H21N3O2S2. The van der Waals surface area contributed by atoms with Crippen LogP contribution < -0.4 is 5.32 Å². The van der Waals surface area contributed by atoms with Crippen LogP contribution in [0.3, 0.4) is 0 Å². The number of benzene rings is 2. The minimum Gasteiger partial charge on any atom is -0.355 e. The molecule has 0 saturated carbocycles. The van der Waals surface area contributed by atoms with E-state index in [1.165, 1.54) is 4.70 Å². The van der Waals surface area contributed by atoms with Gasteiger partial charge in [-0.1, -0.05) is 24.3 Å². The number of thiazole rings is 1. The summed E-state index contributed by atoms with van der Waals surface area (Å²) >= 11 is 3.26. The summed E-state index contributed by atoms with van der Waals surface area (Å²) in [6, 6.07) is 15.4. The van der Waals surface area contributed by atoms with Crippen LogP contribution in [-0.2, 0) is 17.1 Å². The predicted octanol–water partition coefficient (Wildman–Crippen LogP) is 3.55. The highest BCUT2D eigenvalue weighted by molar-refractivity contribution is 7.99. The molecule has 2 amide bonds. The van der Waals surface area contributed by atoms with Crippen LogP contribution in [0, 0.1) is 0 Å². The van der Waals surface area contributed by atoms with Gasteiger partial charge in [-0.05, 0) is 29.8 Å². The van der Waals surface area contributed by atoms with Gasteiger partial charge in [-0.3, -0.25) is 9.59 Å². The van der Waals surface area contributed by atoms with Crippen LogP contribution in [0.15, 0.2) is 48.5 Å². The first-order chi connectivity index (χ1) is 13.1. The number of nitrogens with one attached hydrogen (secondary N) is 1. The van der Waals surface area contributed by atoms with Gasteiger partial charge in [0.2, 0.25) is 5.91 Å². The molecule has 27 heavy (non-hydrogen) atoms. The van der Waals surface area contributed by atoms with Gasteiger partial charge in [0.15, 0.2) is 0 Å². The Balaban J connectivity index is 1.48. The van der Waals surface area contributed by atoms with Crippen molar-refractivity contribution in [2.45, 2.75) is 12.3 Å². The van der Waals surface area contributed by atoms with Gasteiger partial charge in [-0.2, -0.15) is 0 Å². The molecule has 7 heteroatoms. The number of carbonyl (C=O) groups excluding carboxylic acids is 2. The second-order valence-electron chi connectivity index (χ2n) is 6.09. The van der Waals surface area contributed by atoms with Crippen molar-refractivity contribution in [3.05, 3.63) is 64.7 Å². The highest BCUT2D eigenvalue weighted by Gasteiger charge is 2.11. The van der Waals surface area contributed by atoms with Gasteiger partial charge >= 0.3 is 0 Å². The number of carbonyl (C=O) groups is 2. The molecule has 3 rings (SSSR count). The molecule has 5 nitrogen and oxygen atoms in total. The number of fused-ring (bicyclic) bond motifs is 1. The lowest BCUT2D eigenvalue weighted by atomic mass is 10.1. The van der Waals surface area contributed by atoms with E-state index in [4.69, 9.17) is 0 Å². The SMILES string of the molecule is CNC(=O)c1ccc(CN(C)C(=O)CSCc2nc3ccccc3s2)cc1. The topological polar surface area (TPSA) is 62.3 Å². The zero-order chi connectivity index (χ0) is 19.2. The second kappa shape index (κ2) is 9.01. The molecule has 1 aromatic heterocycles. The Bertz CT molecular complexity index is 905. The third-order valence-corrected chi connectivity index (χ3v) is 6.23. The minimum atomic E-state index is -0.114. The summed E-state index contributed by atoms with van der Waals surface area (Å²) in [6.07, 6.45) is 0. The summed E-state index contributed by atoms with van der Waals surface area (Å²) in [5.41, 5.74) is 2.62. The summed E-state index contributed by atoms with van der Waals surface area (Å²) in [7, 11) is 3.40. The highest BCUT2D eigenvalue weighted by Crippen LogP contribution is 2.24. The first kappa shape index (κ1) is 19.4. The van der Waals surface area contributed by atoms with Crippen molar-refractivity contribution in [2.24, 2.45) is 0 Å². The van der Waals surface area contributed by atoms with Crippen molar-refractivity contribution in [3.63, 3.8) is 0 Å². The molecule has 2 aromatic carbocycles. The van der Waals surface area contributed by atoms with Crippen LogP contribution >= 0.6 is 23.1 Å². The van der Waals surface area contributed by atoms with Crippen LogP contribution in [0.4, 0.5) is 0 Å². The lowest BCUT2D eigenvalue weighted by Gasteiger charge is -2.17. The maximum absolute atomic E-state index is 12.4. The van der Waals surface area contributed by atoms with Gasteiger partial charge in [0.05, 0.1) is 16.0 Å². The standard InChI is InChI=1S/C20H21N3O2S2/c1-21-20(25)15-9-7-14(8-10-15)11-23(2)19(24)13-26-12-18-22-16-5-3-4-6-17(16)27-18/h3-10H,11-13H2,1-2H3,(H,21,25). The average molecular weight is 400 g/mol. The van der Waals surface area contributed by atoms with E-state index in [2.05, 4.69) is 16.4 Å². The number of hydrogen-bond acceptors (Lipinski definition) is 5. The van der Waals surface area contributed by atoms with Gasteiger partial charge in [0.1, 0.15) is 5.01 Å². The molecule has 0 spiro atoms. The van der Waals surface area contributed by atoms with Gasteiger partial charge in [0.25, 0.3) is 5.91 Å². The third-order valence-electron chi connectivity index (χ3n) is 4.08. The number of para-hydroxylation sites is 1. The van der Waals surface area contributed by atoms with Crippen molar-refractivity contribution in [1.29, 1.82) is 0 Å². The molecular weight excluding hydrogens is 378 g/mol. The van der Waals surface area contributed by atoms with E-state index < -0.39 is 0 Å². The zero-order valence-electron chi connectivity index (χ0n) is 15.3. The van der Waals surface area contributed by atoms with Crippen molar-refractivity contribution in [3.8, 4) is 0 Å². The minimum absolute atomic E-state index is 0.0801. The smallest absolute Gasteiger partial charge is 0.251 e. The third kappa shape index (κ3) is 5.08. The van der Waals surface area contributed by atoms with Crippen LogP contribution in [0.5, 0.6) is 0 Å². The molecule has 140 valence electrons. The molecule has 0 fully saturated rings. The highest BCUT2D eigenvalue weighted by atomic mass is 32.2. The molecule has 1 N–H and O–H groups in total. The Labute approximate surface area is 166 Å². The number of rotatable bonds is 7. The molecule has 0 radical (unpaired) electrons. The molecule has 0 aliphatic rings. The number of aromatic nitrogens is 1. The number of thioether (sulfide) groups is 1.